The smallest absolute Gasteiger partial charge is 0.295 e. The van der Waals surface area contributed by atoms with Gasteiger partial charge in [0.05, 0.1) is 42.8 Å². The number of aromatic nitrogens is 1. The van der Waals surface area contributed by atoms with Crippen molar-refractivity contribution < 1.29 is 28.9 Å². The van der Waals surface area contributed by atoms with Gasteiger partial charge in [-0.2, -0.15) is 0 Å². The van der Waals surface area contributed by atoms with Crippen LogP contribution in [-0.2, 0) is 14.3 Å². The number of hydrogen-bond acceptors (Lipinski definition) is 7. The van der Waals surface area contributed by atoms with E-state index in [0.717, 1.165) is 0 Å². The molecule has 3 rings (SSSR count). The first-order valence-corrected chi connectivity index (χ1v) is 11.1. The second kappa shape index (κ2) is 11.0. The largest absolute Gasteiger partial charge is 0.507 e. The van der Waals surface area contributed by atoms with Crippen molar-refractivity contribution in [2.45, 2.75) is 39.8 Å². The van der Waals surface area contributed by atoms with Crippen LogP contribution in [0.1, 0.15) is 45.0 Å². The Bertz CT molecular complexity index is 1020. The second-order valence-electron chi connectivity index (χ2n) is 7.69. The van der Waals surface area contributed by atoms with Crippen molar-refractivity contribution in [2.24, 2.45) is 0 Å². The lowest BCUT2D eigenvalue weighted by Gasteiger charge is -2.25. The molecule has 1 unspecified atom stereocenters. The number of ether oxygens (including phenoxy) is 3. The summed E-state index contributed by atoms with van der Waals surface area (Å²) in [5.41, 5.74) is 0.748. The van der Waals surface area contributed by atoms with Crippen molar-refractivity contribution in [1.82, 2.24) is 9.88 Å². The predicted octanol–water partition coefficient (Wildman–Crippen LogP) is 3.73. The van der Waals surface area contributed by atoms with E-state index in [1.165, 1.54) is 4.90 Å². The van der Waals surface area contributed by atoms with Gasteiger partial charge in [0, 0.05) is 18.8 Å². The SMILES string of the molecule is CCOc1ccc(/C(O)=C2/C(=O)C(=O)N(CCOC(C)C)C2c2ccccn2)c(OCC)c1. The third-order valence-electron chi connectivity index (χ3n) is 5.11. The summed E-state index contributed by atoms with van der Waals surface area (Å²) in [6.07, 6.45) is 1.57. The first-order chi connectivity index (χ1) is 15.9. The quantitative estimate of drug-likeness (QED) is 0.332. The molecule has 2 aromatic rings. The normalized spacial score (nSPS) is 17.6. The van der Waals surface area contributed by atoms with Gasteiger partial charge in [-0.1, -0.05) is 6.07 Å². The van der Waals surface area contributed by atoms with Gasteiger partial charge in [0.1, 0.15) is 23.3 Å². The minimum atomic E-state index is -0.844. The summed E-state index contributed by atoms with van der Waals surface area (Å²) in [4.78, 5) is 31.8. The zero-order chi connectivity index (χ0) is 24.0. The number of rotatable bonds is 10. The number of ketones is 1. The number of carbonyl (C=O) groups excluding carboxylic acids is 2. The molecular formula is C25H30N2O6. The Labute approximate surface area is 193 Å². The van der Waals surface area contributed by atoms with E-state index in [4.69, 9.17) is 14.2 Å². The Morgan fingerprint density at radius 1 is 1.12 bits per heavy atom. The summed E-state index contributed by atoms with van der Waals surface area (Å²) < 4.78 is 16.8. The maximum Gasteiger partial charge on any atom is 0.295 e. The first kappa shape index (κ1) is 24.3. The Morgan fingerprint density at radius 3 is 2.52 bits per heavy atom. The molecule has 0 bridgehead atoms. The zero-order valence-corrected chi connectivity index (χ0v) is 19.4. The highest BCUT2D eigenvalue weighted by molar-refractivity contribution is 6.46. The van der Waals surface area contributed by atoms with Gasteiger partial charge in [-0.3, -0.25) is 14.6 Å². The third-order valence-corrected chi connectivity index (χ3v) is 5.11. The predicted molar refractivity (Wildman–Crippen MR) is 123 cm³/mol. The van der Waals surface area contributed by atoms with Crippen LogP contribution in [0.25, 0.3) is 5.76 Å². The number of hydrogen-bond donors (Lipinski definition) is 1. The molecule has 0 spiro atoms. The molecule has 1 N–H and O–H groups in total. The summed E-state index contributed by atoms with van der Waals surface area (Å²) in [5, 5.41) is 11.3. The molecule has 1 aliphatic heterocycles. The van der Waals surface area contributed by atoms with Gasteiger partial charge in [-0.15, -0.1) is 0 Å². The summed E-state index contributed by atoms with van der Waals surface area (Å²) in [5.74, 6) is -0.865. The van der Waals surface area contributed by atoms with Gasteiger partial charge in [-0.05, 0) is 52.0 Å². The lowest BCUT2D eigenvalue weighted by atomic mass is 9.97. The lowest BCUT2D eigenvalue weighted by Crippen LogP contribution is -2.33. The average molecular weight is 455 g/mol. The van der Waals surface area contributed by atoms with Crippen LogP contribution in [-0.4, -0.2) is 59.2 Å². The molecule has 8 nitrogen and oxygen atoms in total. The van der Waals surface area contributed by atoms with Gasteiger partial charge in [0.2, 0.25) is 0 Å². The van der Waals surface area contributed by atoms with Crippen molar-refractivity contribution in [3.05, 3.63) is 59.4 Å². The Balaban J connectivity index is 2.11. The number of benzene rings is 1. The molecule has 33 heavy (non-hydrogen) atoms. The van der Waals surface area contributed by atoms with E-state index in [-0.39, 0.29) is 30.6 Å². The van der Waals surface area contributed by atoms with Gasteiger partial charge < -0.3 is 24.2 Å². The third kappa shape index (κ3) is 5.34. The first-order valence-electron chi connectivity index (χ1n) is 11.1. The fourth-order valence-corrected chi connectivity index (χ4v) is 3.72. The molecule has 1 aromatic carbocycles. The molecule has 1 aliphatic rings. The van der Waals surface area contributed by atoms with Crippen molar-refractivity contribution in [1.29, 1.82) is 0 Å². The molecule has 176 valence electrons. The van der Waals surface area contributed by atoms with Crippen molar-refractivity contribution in [2.75, 3.05) is 26.4 Å². The van der Waals surface area contributed by atoms with E-state index in [9.17, 15) is 14.7 Å². The molecule has 0 radical (unpaired) electrons. The molecule has 1 amide bonds. The number of pyridine rings is 1. The maximum absolute atomic E-state index is 13.1. The Morgan fingerprint density at radius 2 is 1.88 bits per heavy atom. The van der Waals surface area contributed by atoms with Gasteiger partial charge in [0.15, 0.2) is 0 Å². The number of amides is 1. The molecule has 1 fully saturated rings. The Hall–Kier alpha value is -3.39. The van der Waals surface area contributed by atoms with Crippen LogP contribution in [0.4, 0.5) is 0 Å². The van der Waals surface area contributed by atoms with Crippen LogP contribution in [0.3, 0.4) is 0 Å². The number of Topliss-reactive ketones (excluding diaryl/α,β-unsaturated/α-hetero) is 1. The van der Waals surface area contributed by atoms with E-state index in [1.54, 1.807) is 42.6 Å². The number of carbonyl (C=O) groups is 2. The summed E-state index contributed by atoms with van der Waals surface area (Å²) >= 11 is 0. The number of aliphatic hydroxyl groups is 1. The average Bonchev–Trinajstić information content (AvgIpc) is 3.05. The van der Waals surface area contributed by atoms with Crippen LogP contribution in [0.5, 0.6) is 11.5 Å². The highest BCUT2D eigenvalue weighted by atomic mass is 16.5. The van der Waals surface area contributed by atoms with E-state index in [2.05, 4.69) is 4.98 Å². The lowest BCUT2D eigenvalue weighted by molar-refractivity contribution is -0.140. The van der Waals surface area contributed by atoms with E-state index >= 15 is 0 Å². The fraction of sp³-hybridized carbons (Fsp3) is 0.400. The van der Waals surface area contributed by atoms with E-state index in [1.807, 2.05) is 27.7 Å². The monoisotopic (exact) mass is 454 g/mol. The Kier molecular flexibility index (Phi) is 8.06. The van der Waals surface area contributed by atoms with Crippen molar-refractivity contribution >= 4 is 17.4 Å². The van der Waals surface area contributed by atoms with Crippen LogP contribution >= 0.6 is 0 Å². The minimum Gasteiger partial charge on any atom is -0.507 e. The molecule has 8 heteroatoms. The highest BCUT2D eigenvalue weighted by Crippen LogP contribution is 2.40. The molecule has 1 aromatic heterocycles. The maximum atomic E-state index is 13.1. The molecule has 2 heterocycles. The standard InChI is InChI=1S/C25H30N2O6/c1-5-31-17-10-11-18(20(15-17)32-6-2)23(28)21-22(19-9-7-8-12-26-19)27(25(30)24(21)29)13-14-33-16(3)4/h7-12,15-16,22,28H,5-6,13-14H2,1-4H3/b23-21-. The summed E-state index contributed by atoms with van der Waals surface area (Å²) in [6.45, 7) is 8.73. The molecule has 1 atom stereocenters. The number of likely N-dealkylation sites (tertiary alicyclic amines) is 1. The molecular weight excluding hydrogens is 424 g/mol. The van der Waals surface area contributed by atoms with Crippen molar-refractivity contribution in [3.8, 4) is 11.5 Å². The van der Waals surface area contributed by atoms with Crippen LogP contribution in [0.15, 0.2) is 48.2 Å². The highest BCUT2D eigenvalue weighted by Gasteiger charge is 2.46. The van der Waals surface area contributed by atoms with Gasteiger partial charge in [-0.25, -0.2) is 0 Å². The zero-order valence-electron chi connectivity index (χ0n) is 19.4. The fourth-order valence-electron chi connectivity index (χ4n) is 3.72. The van der Waals surface area contributed by atoms with Gasteiger partial charge in [0.25, 0.3) is 11.7 Å². The van der Waals surface area contributed by atoms with Gasteiger partial charge >= 0.3 is 0 Å². The molecule has 0 aliphatic carbocycles. The van der Waals surface area contributed by atoms with Crippen LogP contribution in [0.2, 0.25) is 0 Å². The van der Waals surface area contributed by atoms with Crippen LogP contribution < -0.4 is 9.47 Å². The summed E-state index contributed by atoms with van der Waals surface area (Å²) in [6, 6.07) is 9.36. The van der Waals surface area contributed by atoms with E-state index in [0.29, 0.717) is 36.0 Å². The molecule has 1 saturated heterocycles. The second-order valence-corrected chi connectivity index (χ2v) is 7.69. The minimum absolute atomic E-state index is 0.0206. The summed E-state index contributed by atoms with van der Waals surface area (Å²) in [7, 11) is 0. The van der Waals surface area contributed by atoms with E-state index < -0.39 is 17.7 Å². The van der Waals surface area contributed by atoms with Crippen LogP contribution in [0, 0.1) is 0 Å². The number of aliphatic hydroxyl groups excluding tert-OH is 1. The van der Waals surface area contributed by atoms with Crippen molar-refractivity contribution in [3.63, 3.8) is 0 Å². The number of nitrogens with zero attached hydrogens (tertiary/aromatic N) is 2. The topological polar surface area (TPSA) is 98.2 Å². The molecule has 0 saturated carbocycles.